The van der Waals surface area contributed by atoms with Crippen molar-refractivity contribution in [3.63, 3.8) is 0 Å². The maximum atomic E-state index is 14.7. The van der Waals surface area contributed by atoms with E-state index in [-0.39, 0.29) is 23.5 Å². The maximum absolute atomic E-state index is 14.7. The second-order valence-corrected chi connectivity index (χ2v) is 24.3. The van der Waals surface area contributed by atoms with Gasteiger partial charge in [-0.25, -0.2) is 5.26 Å². The van der Waals surface area contributed by atoms with Gasteiger partial charge in [-0.3, -0.25) is 38.4 Å². The standard InChI is InChI=1S/C61H86N10O22S/c1-33-31-71-51(52(33)78)59(85)63-30-39(73)27-42(64-55(81)35-10-13-37(14-11-35)68-20-22-69(23-21-68)38-15-17-41(18-16-38)90-25-9-7-5-4-6-8-24-89-3)56(82)65-48(34(2)72)60(86)70-32-40(74)28-43(70)57(83)67-50(58(84)66-49(61(71)87)45(76)29-47(62)77)54(80)53(79)36-12-19-44(75)46(26-36)91-94-93-92-88/h10-19,26,33-34,39-40,42-43,45,48-54,72-76,78-80,88H,4-9,20-25,27-32H2,1-3H3,(H2,62,77)(H,63,85)(H,64,81)(H,65,82)(H,66,84)(H,67,83)/t33?,34?,39?,40?,42-,43?,45?,48?,49?,50?,51?,52?,53?,54?/m0/s1. The zero-order valence-corrected chi connectivity index (χ0v) is 53.1. The molecule has 94 heavy (non-hydrogen) atoms. The summed E-state index contributed by atoms with van der Waals surface area (Å²) in [7, 11) is 1.71. The summed E-state index contributed by atoms with van der Waals surface area (Å²) in [6.45, 7) is 4.82. The Morgan fingerprint density at radius 2 is 1.31 bits per heavy atom. The molecule has 0 aromatic heterocycles. The molecule has 0 spiro atoms. The van der Waals surface area contributed by atoms with E-state index in [0.29, 0.717) is 32.8 Å². The summed E-state index contributed by atoms with van der Waals surface area (Å²) in [5.41, 5.74) is 6.94. The minimum absolute atomic E-state index is 0.0193. The number of hydrogen-bond acceptors (Lipinski definition) is 25. The van der Waals surface area contributed by atoms with Crippen molar-refractivity contribution in [1.29, 1.82) is 0 Å². The first-order chi connectivity index (χ1) is 44.9. The van der Waals surface area contributed by atoms with Crippen LogP contribution in [0.3, 0.4) is 0 Å². The van der Waals surface area contributed by atoms with Gasteiger partial charge in [0.05, 0.1) is 43.5 Å². The quantitative estimate of drug-likeness (QED) is 0.0185. The summed E-state index contributed by atoms with van der Waals surface area (Å²) in [6, 6.07) is 5.21. The number of nitrogens with one attached hydrogen (secondary N) is 5. The highest BCUT2D eigenvalue weighted by molar-refractivity contribution is 7.90. The average Bonchev–Trinajstić information content (AvgIpc) is 2.02. The van der Waals surface area contributed by atoms with Gasteiger partial charge in [-0.15, -0.1) is 0 Å². The third-order valence-electron chi connectivity index (χ3n) is 16.9. The third-order valence-corrected chi connectivity index (χ3v) is 17.3. The van der Waals surface area contributed by atoms with Crippen molar-refractivity contribution in [3.05, 3.63) is 77.9 Å². The first kappa shape index (κ1) is 73.7. The van der Waals surface area contributed by atoms with Crippen molar-refractivity contribution in [2.45, 2.75) is 151 Å². The number of phenols is 1. The Balaban J connectivity index is 1.12. The van der Waals surface area contributed by atoms with Crippen LogP contribution in [0.5, 0.6) is 17.2 Å². The fourth-order valence-electron chi connectivity index (χ4n) is 11.7. The summed E-state index contributed by atoms with van der Waals surface area (Å²) in [6.07, 6.45) is -9.38. The number of nitrogens with two attached hydrogens (primary N) is 1. The summed E-state index contributed by atoms with van der Waals surface area (Å²) in [4.78, 5) is 120. The number of hydrogen-bond donors (Lipinski definition) is 15. The monoisotopic (exact) mass is 1340 g/mol. The van der Waals surface area contributed by atoms with Crippen LogP contribution in [0.4, 0.5) is 11.4 Å². The van der Waals surface area contributed by atoms with Crippen molar-refractivity contribution in [3.8, 4) is 17.2 Å². The van der Waals surface area contributed by atoms with Gasteiger partial charge in [-0.05, 0) is 86.0 Å². The largest absolute Gasteiger partial charge is 0.504 e. The van der Waals surface area contributed by atoms with Crippen LogP contribution >= 0.6 is 12.3 Å². The Hall–Kier alpha value is -7.67. The van der Waals surface area contributed by atoms with E-state index >= 15 is 0 Å². The Kier molecular flexibility index (Phi) is 27.6. The maximum Gasteiger partial charge on any atom is 0.261 e. The molecule has 0 saturated carbocycles. The number of rotatable bonds is 25. The molecular weight excluding hydrogens is 1260 g/mol. The minimum atomic E-state index is -2.52. The van der Waals surface area contributed by atoms with Crippen LogP contribution in [-0.2, 0) is 47.7 Å². The smallest absolute Gasteiger partial charge is 0.261 e. The average molecular weight is 1340 g/mol. The zero-order chi connectivity index (χ0) is 68.3. The molecule has 14 atom stereocenters. The van der Waals surface area contributed by atoms with Gasteiger partial charge in [0.2, 0.25) is 41.4 Å². The normalized spacial score (nSPS) is 25.7. The van der Waals surface area contributed by atoms with Gasteiger partial charge in [0, 0.05) is 95.2 Å². The topological polar surface area (TPSA) is 464 Å². The summed E-state index contributed by atoms with van der Waals surface area (Å²) in [5.74, 6) is -11.0. The Labute approximate surface area is 546 Å². The number of anilines is 2. The Bertz CT molecular complexity index is 3040. The molecule has 3 aromatic carbocycles. The molecule has 518 valence electrons. The van der Waals surface area contributed by atoms with Crippen molar-refractivity contribution >= 4 is 71.0 Å². The highest BCUT2D eigenvalue weighted by atomic mass is 32.2. The first-order valence-electron chi connectivity index (χ1n) is 31.0. The Morgan fingerprint density at radius 1 is 0.713 bits per heavy atom. The number of phenolic OH excluding ortho intramolecular Hbond substituents is 1. The number of carbonyl (C=O) groups is 8. The van der Waals surface area contributed by atoms with Gasteiger partial charge in [-0.2, -0.15) is 0 Å². The molecule has 33 heteroatoms. The van der Waals surface area contributed by atoms with E-state index in [1.165, 1.54) is 25.5 Å². The lowest BCUT2D eigenvalue weighted by Gasteiger charge is -2.37. The third kappa shape index (κ3) is 19.7. The molecule has 7 rings (SSSR count). The molecule has 4 aliphatic heterocycles. The molecule has 4 aliphatic rings. The molecule has 4 heterocycles. The first-order valence-corrected chi connectivity index (χ1v) is 31.7. The zero-order valence-electron chi connectivity index (χ0n) is 52.3. The number of β-amino-alcohol motifs (C(OH)–C–C–N with tert-alkyl or cyclic N) is 1. The fraction of sp³-hybridized carbons (Fsp3) is 0.574. The number of fused-ring (bicyclic) bond motifs is 2. The highest BCUT2D eigenvalue weighted by Gasteiger charge is 2.50. The number of aromatic hydroxyl groups is 1. The molecule has 13 unspecified atom stereocenters. The Morgan fingerprint density at radius 3 is 1.93 bits per heavy atom. The molecule has 0 radical (unpaired) electrons. The number of nitrogens with zero attached hydrogens (tertiary/aromatic N) is 4. The van der Waals surface area contributed by atoms with Gasteiger partial charge in [0.1, 0.15) is 54.2 Å². The van der Waals surface area contributed by atoms with Gasteiger partial charge in [0.25, 0.3) is 18.2 Å². The summed E-state index contributed by atoms with van der Waals surface area (Å²) < 4.78 is 20.3. The summed E-state index contributed by atoms with van der Waals surface area (Å²) in [5, 5.41) is 114. The lowest BCUT2D eigenvalue weighted by Crippen LogP contribution is -2.64. The molecule has 3 aromatic rings. The number of aliphatic hydroxyl groups excluding tert-OH is 7. The van der Waals surface area contributed by atoms with Crippen molar-refractivity contribution in [1.82, 2.24) is 36.4 Å². The van der Waals surface area contributed by atoms with E-state index in [1.54, 1.807) is 19.2 Å². The molecule has 0 bridgehead atoms. The SMILES string of the molecule is COCCCCCCCCOc1ccc(N2CCN(c3ccc(C(=O)N[C@H]4CC(O)CNC(=O)C5C(O)C(C)CN5C(=O)C(C(O)CC(N)=O)NC(=O)C(C(O)C(O)c5ccc(O)c(OSOOO)c5)NC(=O)C5CC(O)CN5C(=O)C(C(C)O)NC4=O)cc3)CC2)cc1. The summed E-state index contributed by atoms with van der Waals surface area (Å²) >= 11 is -0.0193. The molecule has 8 amide bonds. The molecule has 4 saturated heterocycles. The minimum Gasteiger partial charge on any atom is -0.504 e. The molecule has 0 aliphatic carbocycles. The van der Waals surface area contributed by atoms with Crippen molar-refractivity contribution < 1.29 is 107 Å². The number of amides is 8. The van der Waals surface area contributed by atoms with Crippen LogP contribution in [0.15, 0.2) is 66.7 Å². The predicted octanol–water partition coefficient (Wildman–Crippen LogP) is -2.24. The molecule has 4 fully saturated rings. The lowest BCUT2D eigenvalue weighted by molar-refractivity contribution is -0.433. The van der Waals surface area contributed by atoms with Gasteiger partial charge < -0.3 is 106 Å². The number of ether oxygens (including phenoxy) is 2. The number of aliphatic hydroxyl groups is 7. The van der Waals surface area contributed by atoms with Crippen LogP contribution in [0.2, 0.25) is 0 Å². The fourth-order valence-corrected chi connectivity index (χ4v) is 12.0. The van der Waals surface area contributed by atoms with Crippen LogP contribution < -0.4 is 51.0 Å². The second-order valence-electron chi connectivity index (χ2n) is 23.8. The number of piperazine rings is 1. The van der Waals surface area contributed by atoms with E-state index < -0.39 is 183 Å². The van der Waals surface area contributed by atoms with Gasteiger partial charge in [0.15, 0.2) is 11.5 Å². The van der Waals surface area contributed by atoms with E-state index in [0.717, 1.165) is 90.8 Å². The van der Waals surface area contributed by atoms with E-state index in [4.69, 9.17) is 24.6 Å². The number of unbranched alkanes of at least 4 members (excludes halogenated alkanes) is 5. The number of methoxy groups -OCH3 is 1. The molecular formula is C61H86N10O22S. The van der Waals surface area contributed by atoms with Gasteiger partial charge >= 0.3 is 0 Å². The van der Waals surface area contributed by atoms with E-state index in [9.17, 15) is 79.2 Å². The van der Waals surface area contributed by atoms with Crippen LogP contribution in [0.25, 0.3) is 0 Å². The predicted molar refractivity (Wildman–Crippen MR) is 333 cm³/mol. The molecule has 16 N–H and O–H groups in total. The highest BCUT2D eigenvalue weighted by Crippen LogP contribution is 2.34. The number of primary amides is 1. The van der Waals surface area contributed by atoms with Crippen molar-refractivity contribution in [2.24, 2.45) is 11.7 Å². The number of carbonyl (C=O) groups excluding carboxylic acids is 8. The van der Waals surface area contributed by atoms with Crippen molar-refractivity contribution in [2.75, 3.05) is 75.9 Å². The van der Waals surface area contributed by atoms with Gasteiger partial charge in [-0.1, -0.05) is 48.0 Å². The van der Waals surface area contributed by atoms with E-state index in [2.05, 4.69) is 45.8 Å². The lowest BCUT2D eigenvalue weighted by atomic mass is 9.96. The van der Waals surface area contributed by atoms with Crippen LogP contribution in [0, 0.1) is 5.92 Å². The second kappa shape index (κ2) is 35.2. The van der Waals surface area contributed by atoms with E-state index in [1.807, 2.05) is 24.3 Å². The van der Waals surface area contributed by atoms with Crippen LogP contribution in [-0.4, -0.2) is 242 Å². The van der Waals surface area contributed by atoms with Crippen LogP contribution in [0.1, 0.15) is 93.7 Å². The number of benzene rings is 3. The molecule has 32 nitrogen and oxygen atoms in total.